The molecule has 1 aromatic rings. The maximum atomic E-state index is 5.75. The third-order valence-corrected chi connectivity index (χ3v) is 2.02. The highest BCUT2D eigenvalue weighted by Gasteiger charge is 2.22. The third kappa shape index (κ3) is 2.45. The molecule has 0 aromatic carbocycles. The van der Waals surface area contributed by atoms with Crippen molar-refractivity contribution in [1.29, 1.82) is 0 Å². The summed E-state index contributed by atoms with van der Waals surface area (Å²) in [4.78, 5) is 12.1. The normalized spacial score (nSPS) is 15.3. The zero-order valence-electron chi connectivity index (χ0n) is 7.92. The standard InChI is InChI=1S/C8H12ClN5/c1-2-10-7-12-6(9)13-8(14-7)11-5-3-4-5/h5H,2-4H2,1H3,(H2,10,11,12,13,14). The fraction of sp³-hybridized carbons (Fsp3) is 0.625. The van der Waals surface area contributed by atoms with Gasteiger partial charge in [0.2, 0.25) is 17.2 Å². The van der Waals surface area contributed by atoms with E-state index in [0.29, 0.717) is 17.9 Å². The largest absolute Gasteiger partial charge is 0.354 e. The molecule has 1 saturated carbocycles. The predicted molar refractivity (Wildman–Crippen MR) is 55.6 cm³/mol. The zero-order valence-corrected chi connectivity index (χ0v) is 8.67. The van der Waals surface area contributed by atoms with E-state index in [0.717, 1.165) is 6.54 Å². The van der Waals surface area contributed by atoms with E-state index in [1.807, 2.05) is 6.92 Å². The Bertz CT molecular complexity index is 326. The Morgan fingerprint density at radius 1 is 1.29 bits per heavy atom. The molecule has 2 N–H and O–H groups in total. The topological polar surface area (TPSA) is 62.7 Å². The average Bonchev–Trinajstić information content (AvgIpc) is 2.87. The van der Waals surface area contributed by atoms with E-state index < -0.39 is 0 Å². The van der Waals surface area contributed by atoms with E-state index in [9.17, 15) is 0 Å². The number of hydrogen-bond donors (Lipinski definition) is 2. The van der Waals surface area contributed by atoms with Crippen molar-refractivity contribution in [1.82, 2.24) is 15.0 Å². The summed E-state index contributed by atoms with van der Waals surface area (Å²) >= 11 is 5.75. The number of halogens is 1. The van der Waals surface area contributed by atoms with Crippen molar-refractivity contribution in [2.24, 2.45) is 0 Å². The van der Waals surface area contributed by atoms with Gasteiger partial charge in [-0.2, -0.15) is 15.0 Å². The lowest BCUT2D eigenvalue weighted by atomic mass is 10.7. The van der Waals surface area contributed by atoms with E-state index in [1.165, 1.54) is 12.8 Å². The first-order valence-electron chi connectivity index (χ1n) is 4.70. The maximum Gasteiger partial charge on any atom is 0.229 e. The summed E-state index contributed by atoms with van der Waals surface area (Å²) in [5, 5.41) is 6.39. The van der Waals surface area contributed by atoms with Gasteiger partial charge in [0, 0.05) is 12.6 Å². The molecule has 0 unspecified atom stereocenters. The van der Waals surface area contributed by atoms with Crippen LogP contribution in [-0.2, 0) is 0 Å². The second-order valence-corrected chi connectivity index (χ2v) is 3.54. The Morgan fingerprint density at radius 2 is 2.00 bits per heavy atom. The molecule has 5 nitrogen and oxygen atoms in total. The minimum Gasteiger partial charge on any atom is -0.354 e. The monoisotopic (exact) mass is 213 g/mol. The summed E-state index contributed by atoms with van der Waals surface area (Å²) in [6.45, 7) is 2.74. The SMILES string of the molecule is CCNc1nc(Cl)nc(NC2CC2)n1. The summed E-state index contributed by atoms with van der Waals surface area (Å²) in [6, 6.07) is 0.517. The van der Waals surface area contributed by atoms with Gasteiger partial charge in [0.1, 0.15) is 0 Å². The zero-order chi connectivity index (χ0) is 9.97. The van der Waals surface area contributed by atoms with Crippen LogP contribution in [0, 0.1) is 0 Å². The van der Waals surface area contributed by atoms with Crippen molar-refractivity contribution in [2.75, 3.05) is 17.2 Å². The van der Waals surface area contributed by atoms with Gasteiger partial charge in [0.05, 0.1) is 0 Å². The minimum atomic E-state index is 0.221. The van der Waals surface area contributed by atoms with E-state index in [2.05, 4.69) is 25.6 Å². The van der Waals surface area contributed by atoms with Gasteiger partial charge in [-0.25, -0.2) is 0 Å². The lowest BCUT2D eigenvalue weighted by molar-refractivity contribution is 0.986. The van der Waals surface area contributed by atoms with Gasteiger partial charge in [-0.05, 0) is 31.4 Å². The highest BCUT2D eigenvalue weighted by atomic mass is 35.5. The molecule has 1 aliphatic rings. The molecule has 0 bridgehead atoms. The predicted octanol–water partition coefficient (Wildman–Crippen LogP) is 1.53. The average molecular weight is 214 g/mol. The van der Waals surface area contributed by atoms with Crippen molar-refractivity contribution >= 4 is 23.5 Å². The van der Waals surface area contributed by atoms with Crippen LogP contribution in [0.3, 0.4) is 0 Å². The second-order valence-electron chi connectivity index (χ2n) is 3.20. The molecule has 1 fully saturated rings. The molecule has 14 heavy (non-hydrogen) atoms. The van der Waals surface area contributed by atoms with Crippen LogP contribution < -0.4 is 10.6 Å². The van der Waals surface area contributed by atoms with Gasteiger partial charge in [0.15, 0.2) is 0 Å². The molecule has 76 valence electrons. The lowest BCUT2D eigenvalue weighted by Crippen LogP contribution is -2.09. The first-order chi connectivity index (χ1) is 6.78. The summed E-state index contributed by atoms with van der Waals surface area (Å²) in [7, 11) is 0. The number of hydrogen-bond acceptors (Lipinski definition) is 5. The lowest BCUT2D eigenvalue weighted by Gasteiger charge is -2.05. The third-order valence-electron chi connectivity index (χ3n) is 1.85. The molecule has 1 heterocycles. The van der Waals surface area contributed by atoms with E-state index in [-0.39, 0.29) is 5.28 Å². The molecule has 0 amide bonds. The fourth-order valence-electron chi connectivity index (χ4n) is 1.06. The number of nitrogens with zero attached hydrogens (tertiary/aromatic N) is 3. The summed E-state index contributed by atoms with van der Waals surface area (Å²) in [5.74, 6) is 1.08. The second kappa shape index (κ2) is 3.96. The highest BCUT2D eigenvalue weighted by molar-refractivity contribution is 6.28. The van der Waals surface area contributed by atoms with E-state index in [4.69, 9.17) is 11.6 Å². The molecule has 0 saturated heterocycles. The quantitative estimate of drug-likeness (QED) is 0.794. The van der Waals surface area contributed by atoms with Crippen molar-refractivity contribution in [3.63, 3.8) is 0 Å². The first kappa shape index (κ1) is 9.45. The smallest absolute Gasteiger partial charge is 0.229 e. The molecule has 0 radical (unpaired) electrons. The summed E-state index contributed by atoms with van der Waals surface area (Å²) in [6.07, 6.45) is 2.36. The molecule has 1 aliphatic carbocycles. The van der Waals surface area contributed by atoms with E-state index >= 15 is 0 Å². The number of nitrogens with one attached hydrogen (secondary N) is 2. The first-order valence-corrected chi connectivity index (χ1v) is 5.07. The minimum absolute atomic E-state index is 0.221. The molecule has 1 aromatic heterocycles. The Hall–Kier alpha value is -1.10. The van der Waals surface area contributed by atoms with Crippen molar-refractivity contribution in [3.8, 4) is 0 Å². The Labute approximate surface area is 87.3 Å². The number of rotatable bonds is 4. The van der Waals surface area contributed by atoms with Gasteiger partial charge < -0.3 is 10.6 Å². The van der Waals surface area contributed by atoms with Crippen molar-refractivity contribution < 1.29 is 0 Å². The van der Waals surface area contributed by atoms with Crippen molar-refractivity contribution in [2.45, 2.75) is 25.8 Å². The number of anilines is 2. The summed E-state index contributed by atoms with van der Waals surface area (Å²) in [5.41, 5.74) is 0. The van der Waals surface area contributed by atoms with Crippen LogP contribution in [0.2, 0.25) is 5.28 Å². The van der Waals surface area contributed by atoms with Crippen LogP contribution in [0.25, 0.3) is 0 Å². The van der Waals surface area contributed by atoms with Crippen LogP contribution >= 0.6 is 11.6 Å². The molecule has 0 aliphatic heterocycles. The number of aromatic nitrogens is 3. The molecule has 0 atom stereocenters. The van der Waals surface area contributed by atoms with Gasteiger partial charge >= 0.3 is 0 Å². The van der Waals surface area contributed by atoms with Crippen LogP contribution in [0.4, 0.5) is 11.9 Å². The highest BCUT2D eigenvalue weighted by Crippen LogP contribution is 2.23. The van der Waals surface area contributed by atoms with Crippen LogP contribution in [-0.4, -0.2) is 27.5 Å². The van der Waals surface area contributed by atoms with Crippen molar-refractivity contribution in [3.05, 3.63) is 5.28 Å². The molecular weight excluding hydrogens is 202 g/mol. The summed E-state index contributed by atoms with van der Waals surface area (Å²) < 4.78 is 0. The molecule has 6 heteroatoms. The van der Waals surface area contributed by atoms with Crippen LogP contribution in [0.1, 0.15) is 19.8 Å². The van der Waals surface area contributed by atoms with Gasteiger partial charge in [-0.15, -0.1) is 0 Å². The van der Waals surface area contributed by atoms with Crippen LogP contribution in [0.5, 0.6) is 0 Å². The molecule has 2 rings (SSSR count). The van der Waals surface area contributed by atoms with E-state index in [1.54, 1.807) is 0 Å². The van der Waals surface area contributed by atoms with Gasteiger partial charge in [0.25, 0.3) is 0 Å². The van der Waals surface area contributed by atoms with Gasteiger partial charge in [-0.1, -0.05) is 0 Å². The van der Waals surface area contributed by atoms with Crippen LogP contribution in [0.15, 0.2) is 0 Å². The fourth-order valence-corrected chi connectivity index (χ4v) is 1.22. The molecular formula is C8H12ClN5. The molecule has 0 spiro atoms. The van der Waals surface area contributed by atoms with Gasteiger partial charge in [-0.3, -0.25) is 0 Å². The maximum absolute atomic E-state index is 5.75. The Kier molecular flexibility index (Phi) is 2.67. The Morgan fingerprint density at radius 3 is 2.64 bits per heavy atom. The Balaban J connectivity index is 2.12.